The van der Waals surface area contributed by atoms with Crippen LogP contribution in [0.3, 0.4) is 0 Å². The van der Waals surface area contributed by atoms with Crippen LogP contribution in [-0.4, -0.2) is 30.0 Å². The Labute approximate surface area is 398 Å². The average molecular weight is 1020 g/mol. The predicted octanol–water partition coefficient (Wildman–Crippen LogP) is 13.7. The van der Waals surface area contributed by atoms with Crippen molar-refractivity contribution in [1.29, 1.82) is 0 Å². The number of H-pyrrole nitrogens is 2. The van der Waals surface area contributed by atoms with Gasteiger partial charge in [-0.3, -0.25) is 4.98 Å². The van der Waals surface area contributed by atoms with E-state index in [1.54, 1.807) is 6.07 Å². The minimum absolute atomic E-state index is 0.00427. The van der Waals surface area contributed by atoms with E-state index in [9.17, 15) is 18.3 Å². The maximum absolute atomic E-state index is 16.0. The van der Waals surface area contributed by atoms with Gasteiger partial charge in [0.1, 0.15) is 0 Å². The molecule has 6 heterocycles. The normalized spacial score (nSPS) is 11.9. The summed E-state index contributed by atoms with van der Waals surface area (Å²) in [6.45, 7) is -0.358. The van der Waals surface area contributed by atoms with Gasteiger partial charge in [-0.1, -0.05) is 24.0 Å². The molecular formula is C52H20F15N5O. The molecule has 2 aliphatic heterocycles. The first kappa shape index (κ1) is 47.8. The summed E-state index contributed by atoms with van der Waals surface area (Å²) in [5.41, 5.74) is -10.8. The topological polar surface area (TPSA) is 90.5 Å². The molecule has 0 saturated heterocycles. The third-order valence-electron chi connectivity index (χ3n) is 11.6. The van der Waals surface area contributed by atoms with Crippen LogP contribution in [0.5, 0.6) is 0 Å². The van der Waals surface area contributed by atoms with Gasteiger partial charge in [-0.05, 0) is 78.4 Å². The minimum atomic E-state index is -2.62. The van der Waals surface area contributed by atoms with Crippen LogP contribution >= 0.6 is 0 Å². The van der Waals surface area contributed by atoms with Gasteiger partial charge in [-0.2, -0.15) is 0 Å². The van der Waals surface area contributed by atoms with E-state index in [4.69, 9.17) is 0 Å². The van der Waals surface area contributed by atoms with Crippen molar-refractivity contribution in [3.05, 3.63) is 194 Å². The quantitative estimate of drug-likeness (QED) is 0.0693. The maximum Gasteiger partial charge on any atom is 0.200 e. The minimum Gasteiger partial charge on any atom is -0.390 e. The molecule has 6 nitrogen and oxygen atoms in total. The molecule has 0 amide bonds. The number of aromatic amines is 2. The van der Waals surface area contributed by atoms with Gasteiger partial charge in [0.15, 0.2) is 69.8 Å². The zero-order valence-electron chi connectivity index (χ0n) is 35.8. The number of pyridine rings is 1. The fourth-order valence-corrected chi connectivity index (χ4v) is 8.28. The van der Waals surface area contributed by atoms with Crippen molar-refractivity contribution >= 4 is 46.4 Å². The van der Waals surface area contributed by atoms with Crippen LogP contribution in [-0.2, 0) is 6.61 Å². The summed E-state index contributed by atoms with van der Waals surface area (Å²) in [6, 6.07) is 13.1. The van der Waals surface area contributed by atoms with Gasteiger partial charge in [0.05, 0.1) is 51.8 Å². The van der Waals surface area contributed by atoms with Crippen molar-refractivity contribution < 1.29 is 71.0 Å². The SMILES string of the molecule is OCc1cc(C#Cc2ccc(-c3c4nc(c(-c5c(F)c(F)c(F)c(F)c5F)c5ccc([nH]5)c(-c5c(F)c(F)c(F)c(F)c5F)c5nc(c(-c6c(F)c(F)c(F)c(F)c6F)c6ccc3[nH]6)C=C5)C=C4)cc2)ccn1. The number of halogens is 15. The molecule has 0 aliphatic carbocycles. The first-order valence-corrected chi connectivity index (χ1v) is 20.8. The molecule has 0 saturated carbocycles. The van der Waals surface area contributed by atoms with Gasteiger partial charge in [-0.15, -0.1) is 0 Å². The van der Waals surface area contributed by atoms with Crippen LogP contribution in [0.1, 0.15) is 39.6 Å². The van der Waals surface area contributed by atoms with Crippen molar-refractivity contribution in [2.45, 2.75) is 6.61 Å². The lowest BCUT2D eigenvalue weighted by molar-refractivity contribution is 0.277. The van der Waals surface area contributed by atoms with Crippen molar-refractivity contribution in [2.24, 2.45) is 0 Å². The second-order valence-corrected chi connectivity index (χ2v) is 15.9. The number of hydrogen-bond donors (Lipinski definition) is 3. The van der Waals surface area contributed by atoms with Gasteiger partial charge in [0.2, 0.25) is 17.5 Å². The molecule has 73 heavy (non-hydrogen) atoms. The summed E-state index contributed by atoms with van der Waals surface area (Å²) < 4.78 is 230. The first-order chi connectivity index (χ1) is 34.9. The summed E-state index contributed by atoms with van der Waals surface area (Å²) in [5.74, 6) is -31.1. The Balaban J connectivity index is 1.38. The van der Waals surface area contributed by atoms with Crippen LogP contribution < -0.4 is 0 Å². The Morgan fingerprint density at radius 1 is 0.356 bits per heavy atom. The highest BCUT2D eigenvalue weighted by Gasteiger charge is 2.34. The van der Waals surface area contributed by atoms with E-state index in [0.717, 1.165) is 36.4 Å². The number of nitrogens with one attached hydrogen (secondary N) is 2. The Morgan fingerprint density at radius 2 is 0.671 bits per heavy atom. The second-order valence-electron chi connectivity index (χ2n) is 15.9. The lowest BCUT2D eigenvalue weighted by atomic mass is 10.0. The second kappa shape index (κ2) is 18.1. The molecule has 0 spiro atoms. The van der Waals surface area contributed by atoms with Gasteiger partial charge < -0.3 is 15.1 Å². The Morgan fingerprint density at radius 3 is 1.03 bits per heavy atom. The summed E-state index contributed by atoms with van der Waals surface area (Å²) in [5, 5.41) is 9.47. The van der Waals surface area contributed by atoms with Crippen molar-refractivity contribution in [3.8, 4) is 56.3 Å². The number of hydrogen-bond acceptors (Lipinski definition) is 4. The smallest absolute Gasteiger partial charge is 0.200 e. The third-order valence-corrected chi connectivity index (χ3v) is 11.6. The molecular weight excluding hydrogens is 996 g/mol. The Kier molecular flexibility index (Phi) is 11.8. The van der Waals surface area contributed by atoms with Crippen LogP contribution in [0.2, 0.25) is 0 Å². The van der Waals surface area contributed by atoms with Gasteiger partial charge >= 0.3 is 0 Å². The number of nitrogens with zero attached hydrogens (tertiary/aromatic N) is 3. The zero-order chi connectivity index (χ0) is 51.9. The van der Waals surface area contributed by atoms with Crippen LogP contribution in [0.15, 0.2) is 66.9 Å². The summed E-state index contributed by atoms with van der Waals surface area (Å²) in [4.78, 5) is 17.9. The number of benzene rings is 4. The van der Waals surface area contributed by atoms with Crippen molar-refractivity contribution in [3.63, 3.8) is 0 Å². The molecule has 0 unspecified atom stereocenters. The molecule has 0 fully saturated rings. The molecule has 3 N–H and O–H groups in total. The van der Waals surface area contributed by atoms with Crippen molar-refractivity contribution in [2.75, 3.05) is 0 Å². The number of rotatable bonds is 5. The lowest BCUT2D eigenvalue weighted by Gasteiger charge is -2.11. The van der Waals surface area contributed by atoms with Crippen molar-refractivity contribution in [1.82, 2.24) is 24.9 Å². The zero-order valence-corrected chi connectivity index (χ0v) is 35.8. The van der Waals surface area contributed by atoms with E-state index < -0.39 is 154 Å². The highest BCUT2D eigenvalue weighted by Crippen LogP contribution is 2.43. The first-order valence-electron chi connectivity index (χ1n) is 20.8. The molecule has 0 atom stereocenters. The third kappa shape index (κ3) is 7.77. The van der Waals surface area contributed by atoms with Crippen LogP contribution in [0.25, 0.3) is 90.9 Å². The average Bonchev–Trinajstić information content (AvgIpc) is 4.26. The van der Waals surface area contributed by atoms with E-state index in [2.05, 4.69) is 36.8 Å². The van der Waals surface area contributed by atoms with E-state index in [0.29, 0.717) is 16.8 Å². The molecule has 8 aromatic rings. The number of aliphatic hydroxyl groups excluding tert-OH is 1. The van der Waals surface area contributed by atoms with Crippen LogP contribution in [0.4, 0.5) is 65.9 Å². The molecule has 0 radical (unpaired) electrons. The summed E-state index contributed by atoms with van der Waals surface area (Å²) >= 11 is 0. The van der Waals surface area contributed by atoms with Gasteiger partial charge in [0, 0.05) is 61.6 Å². The Bertz CT molecular complexity index is 3880. The molecule has 4 aromatic carbocycles. The highest BCUT2D eigenvalue weighted by molar-refractivity contribution is 6.00. The fourth-order valence-electron chi connectivity index (χ4n) is 8.28. The summed E-state index contributed by atoms with van der Waals surface area (Å²) in [7, 11) is 0. The van der Waals surface area contributed by atoms with E-state index in [1.165, 1.54) is 48.7 Å². The number of fused-ring (bicyclic) bond motifs is 8. The monoisotopic (exact) mass is 1020 g/mol. The fraction of sp³-hybridized carbons (Fsp3) is 0.0192. The lowest BCUT2D eigenvalue weighted by Crippen LogP contribution is -2.06. The van der Waals surface area contributed by atoms with E-state index in [1.807, 2.05) is 0 Å². The Hall–Kier alpha value is -8.90. The summed E-state index contributed by atoms with van der Waals surface area (Å²) in [6.07, 6.45) is 5.29. The number of aromatic nitrogens is 5. The van der Waals surface area contributed by atoms with Gasteiger partial charge in [-0.25, -0.2) is 75.8 Å². The molecule has 21 heteroatoms. The highest BCUT2D eigenvalue weighted by atomic mass is 19.2. The molecule has 4 aromatic heterocycles. The molecule has 8 bridgehead atoms. The predicted molar refractivity (Wildman–Crippen MR) is 236 cm³/mol. The molecule has 2 aliphatic rings. The standard InChI is InChI=1S/C52H20F15N5O/c53-38-35(39(54)45(60)50(65)44(38)59)32-25-9-7-23(69-25)31(21-5-3-19(4-6-21)1-2-20-15-16-68-22(17-20)18-73)24-8-10-26(70-24)33(36-40(55)46(61)51(66)47(62)41(36)56)28-12-14-30(72-28)34(29-13-11-27(32)71-29)37-42(57)48(63)52(67)49(64)43(37)58/h3-17,69,72-73H,18H2. The van der Waals surface area contributed by atoms with E-state index in [-0.39, 0.29) is 28.9 Å². The molecule has 364 valence electrons. The maximum atomic E-state index is 16.0. The van der Waals surface area contributed by atoms with Crippen LogP contribution in [0, 0.1) is 99.1 Å². The molecule has 10 rings (SSSR count). The number of aliphatic hydroxyl groups is 1. The van der Waals surface area contributed by atoms with E-state index >= 15 is 52.7 Å². The largest absolute Gasteiger partial charge is 0.390 e. The van der Waals surface area contributed by atoms with Gasteiger partial charge in [0.25, 0.3) is 0 Å².